The Bertz CT molecular complexity index is 402. The van der Waals surface area contributed by atoms with Crippen molar-refractivity contribution < 1.29 is 14.6 Å². The van der Waals surface area contributed by atoms with E-state index in [9.17, 15) is 5.11 Å². The molecular weight excluding hydrogens is 264 g/mol. The first kappa shape index (κ1) is 14.5. The van der Waals surface area contributed by atoms with Crippen LogP contribution in [0.4, 0.5) is 0 Å². The Hall–Kier alpha value is -0.930. The summed E-state index contributed by atoms with van der Waals surface area (Å²) in [7, 11) is 0. The van der Waals surface area contributed by atoms with Crippen molar-refractivity contribution in [1.82, 2.24) is 0 Å². The molecule has 0 radical (unpaired) electrons. The average Bonchev–Trinajstić information content (AvgIpc) is 2.43. The van der Waals surface area contributed by atoms with Crippen molar-refractivity contribution in [3.8, 4) is 11.5 Å². The third kappa shape index (κ3) is 4.29. The number of phenols is 1. The molecule has 2 rings (SSSR count). The van der Waals surface area contributed by atoms with E-state index in [4.69, 9.17) is 21.1 Å². The van der Waals surface area contributed by atoms with Gasteiger partial charge in [0.25, 0.3) is 0 Å². The number of ether oxygens (including phenoxy) is 2. The number of hydrogen-bond acceptors (Lipinski definition) is 3. The Kier molecular flexibility index (Phi) is 5.34. The molecule has 0 spiro atoms. The Morgan fingerprint density at radius 1 is 1.32 bits per heavy atom. The van der Waals surface area contributed by atoms with E-state index < -0.39 is 0 Å². The van der Waals surface area contributed by atoms with Gasteiger partial charge in [-0.15, -0.1) is 0 Å². The lowest BCUT2D eigenvalue weighted by Gasteiger charge is -2.27. The number of phenolic OH excluding ortho intramolecular Hbond substituents is 1. The highest BCUT2D eigenvalue weighted by atomic mass is 35.5. The van der Waals surface area contributed by atoms with Crippen LogP contribution in [0, 0.1) is 0 Å². The van der Waals surface area contributed by atoms with Gasteiger partial charge in [-0.3, -0.25) is 0 Å². The quantitative estimate of drug-likeness (QED) is 0.809. The zero-order valence-corrected chi connectivity index (χ0v) is 12.0. The van der Waals surface area contributed by atoms with Crippen molar-refractivity contribution in [3.63, 3.8) is 0 Å². The predicted octanol–water partition coefficient (Wildman–Crippen LogP) is 4.51. The third-order valence-electron chi connectivity index (χ3n) is 3.42. The topological polar surface area (TPSA) is 38.7 Å². The van der Waals surface area contributed by atoms with Gasteiger partial charge in [0.15, 0.2) is 6.29 Å². The standard InChI is InChI=1S/C15H21ClO3/c1-2-15(18-11-6-4-3-5-7-11)19-12-8-9-14(17)13(16)10-12/h8-11,15,17H,2-7H2,1H3. The van der Waals surface area contributed by atoms with Crippen molar-refractivity contribution >= 4 is 11.6 Å². The highest BCUT2D eigenvalue weighted by Gasteiger charge is 2.19. The molecule has 1 fully saturated rings. The van der Waals surface area contributed by atoms with E-state index in [1.165, 1.54) is 25.3 Å². The van der Waals surface area contributed by atoms with Crippen LogP contribution in [0.5, 0.6) is 11.5 Å². The van der Waals surface area contributed by atoms with E-state index in [0.29, 0.717) is 16.9 Å². The smallest absolute Gasteiger partial charge is 0.199 e. The van der Waals surface area contributed by atoms with E-state index >= 15 is 0 Å². The molecule has 1 aliphatic rings. The van der Waals surface area contributed by atoms with Crippen LogP contribution in [-0.4, -0.2) is 17.5 Å². The summed E-state index contributed by atoms with van der Waals surface area (Å²) in [6, 6.07) is 4.85. The third-order valence-corrected chi connectivity index (χ3v) is 3.72. The fourth-order valence-electron chi connectivity index (χ4n) is 2.34. The summed E-state index contributed by atoms with van der Waals surface area (Å²) in [5, 5.41) is 9.67. The maximum Gasteiger partial charge on any atom is 0.199 e. The van der Waals surface area contributed by atoms with Crippen LogP contribution in [0.1, 0.15) is 45.4 Å². The SMILES string of the molecule is CCC(Oc1ccc(O)c(Cl)c1)OC1CCCCC1. The summed E-state index contributed by atoms with van der Waals surface area (Å²) in [6.07, 6.45) is 6.89. The Labute approximate surface area is 119 Å². The van der Waals surface area contributed by atoms with Crippen LogP contribution < -0.4 is 4.74 Å². The van der Waals surface area contributed by atoms with Gasteiger partial charge >= 0.3 is 0 Å². The Balaban J connectivity index is 1.92. The number of hydrogen-bond donors (Lipinski definition) is 1. The van der Waals surface area contributed by atoms with Gasteiger partial charge in [0.05, 0.1) is 11.1 Å². The van der Waals surface area contributed by atoms with Crippen LogP contribution in [0.3, 0.4) is 0 Å². The maximum atomic E-state index is 9.38. The fraction of sp³-hybridized carbons (Fsp3) is 0.600. The van der Waals surface area contributed by atoms with Crippen LogP contribution >= 0.6 is 11.6 Å². The molecule has 1 aromatic rings. The number of rotatable bonds is 5. The van der Waals surface area contributed by atoms with Crippen LogP contribution in [-0.2, 0) is 4.74 Å². The van der Waals surface area contributed by atoms with Gasteiger partial charge in [-0.05, 0) is 25.0 Å². The molecule has 106 valence electrons. The minimum absolute atomic E-state index is 0.0651. The zero-order chi connectivity index (χ0) is 13.7. The van der Waals surface area contributed by atoms with Gasteiger partial charge in [0.2, 0.25) is 0 Å². The number of benzene rings is 1. The second kappa shape index (κ2) is 7.01. The molecule has 1 saturated carbocycles. The van der Waals surface area contributed by atoms with E-state index in [-0.39, 0.29) is 12.0 Å². The molecule has 0 saturated heterocycles. The summed E-state index contributed by atoms with van der Waals surface area (Å²) in [5.74, 6) is 0.695. The summed E-state index contributed by atoms with van der Waals surface area (Å²) in [6.45, 7) is 2.04. The molecule has 19 heavy (non-hydrogen) atoms. The summed E-state index contributed by atoms with van der Waals surface area (Å²) in [5.41, 5.74) is 0. The summed E-state index contributed by atoms with van der Waals surface area (Å²) in [4.78, 5) is 0. The van der Waals surface area contributed by atoms with E-state index in [1.54, 1.807) is 12.1 Å². The first-order valence-electron chi connectivity index (χ1n) is 6.99. The molecule has 0 amide bonds. The lowest BCUT2D eigenvalue weighted by molar-refractivity contribution is -0.129. The van der Waals surface area contributed by atoms with Gasteiger partial charge < -0.3 is 14.6 Å². The maximum absolute atomic E-state index is 9.38. The number of aromatic hydroxyl groups is 1. The molecule has 1 aromatic carbocycles. The number of halogens is 1. The Morgan fingerprint density at radius 2 is 2.05 bits per heavy atom. The monoisotopic (exact) mass is 284 g/mol. The van der Waals surface area contributed by atoms with E-state index in [0.717, 1.165) is 19.3 Å². The molecule has 1 atom stereocenters. The van der Waals surface area contributed by atoms with Crippen LogP contribution in [0.15, 0.2) is 18.2 Å². The molecular formula is C15H21ClO3. The van der Waals surface area contributed by atoms with Crippen molar-refractivity contribution in [2.45, 2.75) is 57.8 Å². The van der Waals surface area contributed by atoms with E-state index in [2.05, 4.69) is 0 Å². The van der Waals surface area contributed by atoms with Crippen LogP contribution in [0.2, 0.25) is 5.02 Å². The lowest BCUT2D eigenvalue weighted by Crippen LogP contribution is -2.28. The normalized spacial score (nSPS) is 18.2. The van der Waals surface area contributed by atoms with Gasteiger partial charge in [-0.2, -0.15) is 0 Å². The molecule has 0 heterocycles. The van der Waals surface area contributed by atoms with E-state index in [1.807, 2.05) is 6.92 Å². The largest absolute Gasteiger partial charge is 0.506 e. The van der Waals surface area contributed by atoms with Gasteiger partial charge in [-0.1, -0.05) is 37.8 Å². The highest BCUT2D eigenvalue weighted by Crippen LogP contribution is 2.29. The van der Waals surface area contributed by atoms with Gasteiger partial charge in [0.1, 0.15) is 11.5 Å². The fourth-order valence-corrected chi connectivity index (χ4v) is 2.51. The molecule has 0 aliphatic heterocycles. The van der Waals surface area contributed by atoms with Crippen molar-refractivity contribution in [2.75, 3.05) is 0 Å². The molecule has 1 N–H and O–H groups in total. The molecule has 1 aliphatic carbocycles. The molecule has 0 bridgehead atoms. The zero-order valence-electron chi connectivity index (χ0n) is 11.3. The van der Waals surface area contributed by atoms with Crippen LogP contribution in [0.25, 0.3) is 0 Å². The van der Waals surface area contributed by atoms with Crippen molar-refractivity contribution in [3.05, 3.63) is 23.2 Å². The Morgan fingerprint density at radius 3 is 2.68 bits per heavy atom. The summed E-state index contributed by atoms with van der Waals surface area (Å²) < 4.78 is 11.8. The summed E-state index contributed by atoms with van der Waals surface area (Å²) >= 11 is 5.86. The average molecular weight is 285 g/mol. The second-order valence-electron chi connectivity index (χ2n) is 4.96. The van der Waals surface area contributed by atoms with Crippen molar-refractivity contribution in [1.29, 1.82) is 0 Å². The first-order valence-corrected chi connectivity index (χ1v) is 7.37. The molecule has 1 unspecified atom stereocenters. The predicted molar refractivity (Wildman–Crippen MR) is 75.8 cm³/mol. The van der Waals surface area contributed by atoms with Gasteiger partial charge in [0, 0.05) is 12.5 Å². The van der Waals surface area contributed by atoms with Gasteiger partial charge in [-0.25, -0.2) is 0 Å². The minimum Gasteiger partial charge on any atom is -0.506 e. The molecule has 3 nitrogen and oxygen atoms in total. The minimum atomic E-state index is -0.247. The highest BCUT2D eigenvalue weighted by molar-refractivity contribution is 6.32. The second-order valence-corrected chi connectivity index (χ2v) is 5.37. The lowest BCUT2D eigenvalue weighted by atomic mass is 9.98. The molecule has 0 aromatic heterocycles. The molecule has 4 heteroatoms. The first-order chi connectivity index (χ1) is 9.19. The van der Waals surface area contributed by atoms with Crippen molar-refractivity contribution in [2.24, 2.45) is 0 Å².